The van der Waals surface area contributed by atoms with Crippen LogP contribution < -0.4 is 0 Å². The number of amides is 1. The number of carbonyl (C=O) groups excluding carboxylic acids is 1. The van der Waals surface area contributed by atoms with E-state index in [4.69, 9.17) is 4.74 Å². The van der Waals surface area contributed by atoms with E-state index in [1.165, 1.54) is 26.1 Å². The van der Waals surface area contributed by atoms with Gasteiger partial charge in [-0.1, -0.05) is 6.07 Å². The van der Waals surface area contributed by atoms with Crippen LogP contribution in [0.3, 0.4) is 0 Å². The first-order valence-electron chi connectivity index (χ1n) is 6.35. The number of ether oxygens (including phenoxy) is 1. The van der Waals surface area contributed by atoms with Gasteiger partial charge >= 0.3 is 0 Å². The molecule has 1 aromatic carbocycles. The number of likely N-dealkylation sites (N-methyl/N-ethyl adjacent to an activating group) is 1. The number of benzene rings is 1. The quantitative estimate of drug-likeness (QED) is 0.735. The number of halogens is 2. The van der Waals surface area contributed by atoms with Crippen molar-refractivity contribution in [3.05, 3.63) is 29.8 Å². The molecule has 0 heterocycles. The lowest BCUT2D eigenvalue weighted by Gasteiger charge is -2.23. The minimum absolute atomic E-state index is 0.0178. The van der Waals surface area contributed by atoms with Crippen molar-refractivity contribution in [2.45, 2.75) is 4.90 Å². The molecule has 9 heteroatoms. The number of hydrogen-bond acceptors (Lipinski definition) is 4. The van der Waals surface area contributed by atoms with Crippen LogP contribution >= 0.6 is 0 Å². The minimum Gasteiger partial charge on any atom is -0.383 e. The van der Waals surface area contributed by atoms with Gasteiger partial charge in [0.05, 0.1) is 13.2 Å². The summed E-state index contributed by atoms with van der Waals surface area (Å²) >= 11 is 0. The van der Waals surface area contributed by atoms with Crippen LogP contribution in [0, 0.1) is 11.6 Å². The lowest BCUT2D eigenvalue weighted by atomic mass is 10.3. The highest BCUT2D eigenvalue weighted by Gasteiger charge is 2.32. The van der Waals surface area contributed by atoms with Gasteiger partial charge in [0.1, 0.15) is 11.6 Å². The van der Waals surface area contributed by atoms with E-state index >= 15 is 0 Å². The fraction of sp³-hybridized carbons (Fsp3) is 0.462. The Labute approximate surface area is 128 Å². The van der Waals surface area contributed by atoms with E-state index in [2.05, 4.69) is 0 Å². The molecule has 0 spiro atoms. The Morgan fingerprint density at radius 1 is 1.23 bits per heavy atom. The zero-order chi connectivity index (χ0) is 16.9. The molecule has 6 nitrogen and oxygen atoms in total. The van der Waals surface area contributed by atoms with E-state index in [0.717, 1.165) is 18.2 Å². The van der Waals surface area contributed by atoms with Crippen LogP contribution in [0.15, 0.2) is 23.1 Å². The fourth-order valence-corrected chi connectivity index (χ4v) is 3.11. The van der Waals surface area contributed by atoms with Crippen LogP contribution in [0.25, 0.3) is 0 Å². The van der Waals surface area contributed by atoms with Crippen molar-refractivity contribution in [3.8, 4) is 0 Å². The molecule has 0 bridgehead atoms. The van der Waals surface area contributed by atoms with Crippen molar-refractivity contribution < 1.29 is 26.7 Å². The Morgan fingerprint density at radius 2 is 1.77 bits per heavy atom. The van der Waals surface area contributed by atoms with Gasteiger partial charge in [-0.15, -0.1) is 0 Å². The Balaban J connectivity index is 3.24. The predicted octanol–water partition coefficient (Wildman–Crippen LogP) is 0.690. The van der Waals surface area contributed by atoms with Crippen molar-refractivity contribution in [3.63, 3.8) is 0 Å². The van der Waals surface area contributed by atoms with Crippen LogP contribution in [0.1, 0.15) is 0 Å². The molecule has 0 aliphatic rings. The maximum atomic E-state index is 13.8. The second kappa shape index (κ2) is 7.61. The molecule has 0 saturated heterocycles. The van der Waals surface area contributed by atoms with Gasteiger partial charge in [0.2, 0.25) is 15.9 Å². The molecule has 0 radical (unpaired) electrons. The second-order valence-electron chi connectivity index (χ2n) is 4.67. The third-order valence-corrected chi connectivity index (χ3v) is 4.77. The molecular formula is C13H18F2N2O4S. The topological polar surface area (TPSA) is 66.9 Å². The minimum atomic E-state index is -4.51. The molecule has 1 rings (SSSR count). The average Bonchev–Trinajstić information content (AvgIpc) is 2.42. The summed E-state index contributed by atoms with van der Waals surface area (Å²) in [4.78, 5) is 11.9. The van der Waals surface area contributed by atoms with Crippen LogP contribution in [0.2, 0.25) is 0 Å². The standard InChI is InChI=1S/C13H18F2N2O4S/c1-16(2)12(18)9-17(7-8-21-3)22(19,20)13-10(14)5-4-6-11(13)15/h4-6H,7-9H2,1-3H3. The summed E-state index contributed by atoms with van der Waals surface area (Å²) in [6, 6.07) is 2.75. The molecular weight excluding hydrogens is 318 g/mol. The monoisotopic (exact) mass is 336 g/mol. The van der Waals surface area contributed by atoms with Gasteiger partial charge in [0, 0.05) is 27.7 Å². The van der Waals surface area contributed by atoms with Gasteiger partial charge in [0.15, 0.2) is 4.90 Å². The van der Waals surface area contributed by atoms with E-state index in [1.807, 2.05) is 0 Å². The van der Waals surface area contributed by atoms with Gasteiger partial charge in [-0.05, 0) is 12.1 Å². The number of sulfonamides is 1. The summed E-state index contributed by atoms with van der Waals surface area (Å²) in [5.41, 5.74) is 0. The van der Waals surface area contributed by atoms with Crippen molar-refractivity contribution in [1.29, 1.82) is 0 Å². The van der Waals surface area contributed by atoms with Gasteiger partial charge in [-0.3, -0.25) is 4.79 Å². The third kappa shape index (κ3) is 4.21. The number of methoxy groups -OCH3 is 1. The summed E-state index contributed by atoms with van der Waals surface area (Å²) < 4.78 is 57.9. The summed E-state index contributed by atoms with van der Waals surface area (Å²) in [6.45, 7) is -0.755. The SMILES string of the molecule is COCCN(CC(=O)N(C)C)S(=O)(=O)c1c(F)cccc1F. The van der Waals surface area contributed by atoms with Crippen LogP contribution in [-0.2, 0) is 19.6 Å². The van der Waals surface area contributed by atoms with E-state index in [-0.39, 0.29) is 13.2 Å². The van der Waals surface area contributed by atoms with E-state index < -0.39 is 39.0 Å². The number of nitrogens with zero attached hydrogens (tertiary/aromatic N) is 2. The largest absolute Gasteiger partial charge is 0.383 e. The zero-order valence-corrected chi connectivity index (χ0v) is 13.4. The lowest BCUT2D eigenvalue weighted by molar-refractivity contribution is -0.128. The summed E-state index contributed by atoms with van der Waals surface area (Å²) in [7, 11) is -0.255. The Kier molecular flexibility index (Phi) is 6.39. The number of carbonyl (C=O) groups is 1. The Bertz CT molecular complexity index is 615. The second-order valence-corrected chi connectivity index (χ2v) is 6.55. The fourth-order valence-electron chi connectivity index (χ4n) is 1.63. The highest BCUT2D eigenvalue weighted by atomic mass is 32.2. The smallest absolute Gasteiger partial charge is 0.249 e. The maximum Gasteiger partial charge on any atom is 0.249 e. The molecule has 0 aliphatic carbocycles. The normalized spacial score (nSPS) is 11.7. The molecule has 0 aliphatic heterocycles. The van der Waals surface area contributed by atoms with Gasteiger partial charge in [-0.25, -0.2) is 17.2 Å². The Hall–Kier alpha value is -1.58. The van der Waals surface area contributed by atoms with Gasteiger partial charge < -0.3 is 9.64 Å². The summed E-state index contributed by atoms with van der Waals surface area (Å²) in [5, 5.41) is 0. The highest BCUT2D eigenvalue weighted by molar-refractivity contribution is 7.89. The molecule has 0 N–H and O–H groups in total. The van der Waals surface area contributed by atoms with E-state index in [0.29, 0.717) is 4.31 Å². The molecule has 0 unspecified atom stereocenters. The molecule has 1 aromatic rings. The number of hydrogen-bond donors (Lipinski definition) is 0. The first-order valence-corrected chi connectivity index (χ1v) is 7.79. The van der Waals surface area contributed by atoms with Gasteiger partial charge in [0.25, 0.3) is 0 Å². The molecule has 0 aromatic heterocycles. The molecule has 1 amide bonds. The van der Waals surface area contributed by atoms with Crippen molar-refractivity contribution in [2.24, 2.45) is 0 Å². The molecule has 0 fully saturated rings. The van der Waals surface area contributed by atoms with Crippen molar-refractivity contribution in [2.75, 3.05) is 40.9 Å². The Morgan fingerprint density at radius 3 is 2.23 bits per heavy atom. The number of rotatable bonds is 7. The van der Waals surface area contributed by atoms with Crippen LogP contribution in [0.5, 0.6) is 0 Å². The van der Waals surface area contributed by atoms with Crippen molar-refractivity contribution >= 4 is 15.9 Å². The van der Waals surface area contributed by atoms with Crippen molar-refractivity contribution in [1.82, 2.24) is 9.21 Å². The average molecular weight is 336 g/mol. The van der Waals surface area contributed by atoms with E-state index in [1.54, 1.807) is 0 Å². The zero-order valence-electron chi connectivity index (χ0n) is 12.5. The van der Waals surface area contributed by atoms with Gasteiger partial charge in [-0.2, -0.15) is 4.31 Å². The summed E-state index contributed by atoms with van der Waals surface area (Å²) in [6.07, 6.45) is 0. The molecule has 124 valence electrons. The first-order chi connectivity index (χ1) is 10.2. The molecule has 22 heavy (non-hydrogen) atoms. The first kappa shape index (κ1) is 18.5. The van der Waals surface area contributed by atoms with Crippen LogP contribution in [-0.4, -0.2) is 64.4 Å². The molecule has 0 saturated carbocycles. The van der Waals surface area contributed by atoms with E-state index in [9.17, 15) is 22.0 Å². The highest BCUT2D eigenvalue weighted by Crippen LogP contribution is 2.22. The lowest BCUT2D eigenvalue weighted by Crippen LogP contribution is -2.42. The predicted molar refractivity (Wildman–Crippen MR) is 75.7 cm³/mol. The summed E-state index contributed by atoms with van der Waals surface area (Å²) in [5.74, 6) is -2.93. The molecule has 0 atom stereocenters. The maximum absolute atomic E-state index is 13.8. The van der Waals surface area contributed by atoms with Crippen LogP contribution in [0.4, 0.5) is 8.78 Å². The third-order valence-electron chi connectivity index (χ3n) is 2.87.